The van der Waals surface area contributed by atoms with Crippen molar-refractivity contribution >= 4 is 21.7 Å². The highest BCUT2D eigenvalue weighted by Crippen LogP contribution is 2.30. The van der Waals surface area contributed by atoms with E-state index >= 15 is 0 Å². The molecule has 242 valence electrons. The number of nitrogens with zero attached hydrogens (tertiary/aromatic N) is 1. The normalized spacial score (nSPS) is 17.3. The van der Waals surface area contributed by atoms with Gasteiger partial charge in [-0.15, -0.1) is 0 Å². The number of carbonyl (C=O) groups is 2. The third-order valence-corrected chi connectivity index (χ3v) is 10.7. The topological polar surface area (TPSA) is 137 Å². The molecule has 0 spiro atoms. The summed E-state index contributed by atoms with van der Waals surface area (Å²) < 4.78 is 33.2. The predicted octanol–water partition coefficient (Wildman–Crippen LogP) is 2.99. The summed E-state index contributed by atoms with van der Waals surface area (Å²) in [5.74, 6) is -0.204. The molecule has 2 aromatic rings. The Bertz CT molecular complexity index is 1370. The zero-order valence-corrected chi connectivity index (χ0v) is 27.1. The zero-order chi connectivity index (χ0) is 31.9. The second-order valence-electron chi connectivity index (χ2n) is 12.5. The Morgan fingerprint density at radius 3 is 2.48 bits per heavy atom. The molecule has 44 heavy (non-hydrogen) atoms. The number of rotatable bonds is 16. The minimum Gasteiger partial charge on any atom is -0.493 e. The molecule has 1 heterocycles. The summed E-state index contributed by atoms with van der Waals surface area (Å²) in [5.41, 5.74) is 4.52. The highest BCUT2D eigenvalue weighted by molar-refractivity contribution is 7.92. The number of nitrogens with one attached hydrogen (secondary N) is 3. The van der Waals surface area contributed by atoms with Crippen LogP contribution in [-0.2, 0) is 32.3 Å². The molecule has 2 unspecified atom stereocenters. The molecule has 1 saturated carbocycles. The van der Waals surface area contributed by atoms with Crippen LogP contribution in [-0.4, -0.2) is 73.6 Å². The number of hydrazine groups is 1. The molecule has 0 saturated heterocycles. The van der Waals surface area contributed by atoms with Gasteiger partial charge in [-0.3, -0.25) is 20.3 Å². The molecule has 0 aromatic heterocycles. The largest absolute Gasteiger partial charge is 0.493 e. The number of ether oxygens (including phenoxy) is 1. The third-order valence-electron chi connectivity index (χ3n) is 8.38. The Labute approximate surface area is 261 Å². The van der Waals surface area contributed by atoms with E-state index in [1.165, 1.54) is 5.01 Å². The first-order chi connectivity index (χ1) is 21.0. The quantitative estimate of drug-likeness (QED) is 0.208. The number of carbonyl (C=O) groups excluding carboxylic acids is 2. The summed E-state index contributed by atoms with van der Waals surface area (Å²) in [7, 11) is -3.82. The fraction of sp³-hybridized carbons (Fsp3) is 0.576. The molecule has 1 fully saturated rings. The Hall–Kier alpha value is -2.99. The zero-order valence-electron chi connectivity index (χ0n) is 26.3. The highest BCUT2D eigenvalue weighted by Gasteiger charge is 2.36. The number of aliphatic hydroxyl groups is 1. The van der Waals surface area contributed by atoms with Crippen molar-refractivity contribution in [2.24, 2.45) is 11.8 Å². The van der Waals surface area contributed by atoms with Crippen LogP contribution < -0.4 is 20.8 Å². The van der Waals surface area contributed by atoms with Gasteiger partial charge in [-0.25, -0.2) is 13.4 Å². The first-order valence-corrected chi connectivity index (χ1v) is 17.3. The number of benzene rings is 2. The maximum atomic E-state index is 13.8. The van der Waals surface area contributed by atoms with Crippen LogP contribution in [0.5, 0.6) is 5.75 Å². The fourth-order valence-electron chi connectivity index (χ4n) is 5.39. The van der Waals surface area contributed by atoms with Gasteiger partial charge in [0.2, 0.25) is 5.91 Å². The Kier molecular flexibility index (Phi) is 11.8. The van der Waals surface area contributed by atoms with Crippen molar-refractivity contribution in [2.75, 3.05) is 19.7 Å². The molecule has 10 nitrogen and oxygen atoms in total. The Morgan fingerprint density at radius 2 is 1.82 bits per heavy atom. The van der Waals surface area contributed by atoms with E-state index in [4.69, 9.17) is 4.74 Å². The fourth-order valence-corrected chi connectivity index (χ4v) is 7.28. The van der Waals surface area contributed by atoms with E-state index in [1.54, 1.807) is 18.2 Å². The first-order valence-electron chi connectivity index (χ1n) is 15.8. The van der Waals surface area contributed by atoms with E-state index in [2.05, 4.69) is 16.1 Å². The SMILES string of the molecule is CC[C@H](C)CC(=O)N(NC(=O)CNC1CC1)C(Cc1ccccc1)[C@H](O)CNC(C(C)C)S(=O)(=O)c1ccc2c(c1)CCO2. The number of aliphatic hydroxyl groups excluding tert-OH is 1. The molecule has 2 aliphatic rings. The van der Waals surface area contributed by atoms with Gasteiger partial charge in [0.05, 0.1) is 30.2 Å². The lowest BCUT2D eigenvalue weighted by Crippen LogP contribution is -2.60. The van der Waals surface area contributed by atoms with E-state index in [-0.39, 0.29) is 54.5 Å². The van der Waals surface area contributed by atoms with Gasteiger partial charge in [-0.05, 0) is 60.4 Å². The summed E-state index contributed by atoms with van der Waals surface area (Å²) in [4.78, 5) is 26.9. The van der Waals surface area contributed by atoms with Gasteiger partial charge in [-0.1, -0.05) is 64.4 Å². The highest BCUT2D eigenvalue weighted by atomic mass is 32.2. The van der Waals surface area contributed by atoms with Crippen molar-refractivity contribution in [3.05, 3.63) is 59.7 Å². The lowest BCUT2D eigenvalue weighted by Gasteiger charge is -2.36. The number of amides is 2. The molecule has 1 aliphatic heterocycles. The van der Waals surface area contributed by atoms with Crippen LogP contribution in [0.1, 0.15) is 64.5 Å². The molecule has 0 radical (unpaired) electrons. The molecule has 11 heteroatoms. The van der Waals surface area contributed by atoms with Gasteiger partial charge in [0.1, 0.15) is 11.1 Å². The second-order valence-corrected chi connectivity index (χ2v) is 14.6. The molecule has 2 aromatic carbocycles. The van der Waals surface area contributed by atoms with E-state index in [0.717, 1.165) is 30.4 Å². The van der Waals surface area contributed by atoms with Crippen molar-refractivity contribution in [3.8, 4) is 5.75 Å². The molecule has 4 rings (SSSR count). The summed E-state index contributed by atoms with van der Waals surface area (Å²) in [5, 5.41) is 18.2. The van der Waals surface area contributed by atoms with Gasteiger partial charge in [-0.2, -0.15) is 0 Å². The molecule has 0 bridgehead atoms. The summed E-state index contributed by atoms with van der Waals surface area (Å²) in [6.45, 7) is 8.07. The monoisotopic (exact) mass is 628 g/mol. The van der Waals surface area contributed by atoms with Gasteiger partial charge in [0, 0.05) is 25.4 Å². The lowest BCUT2D eigenvalue weighted by atomic mass is 9.98. The van der Waals surface area contributed by atoms with Crippen LogP contribution in [0, 0.1) is 11.8 Å². The summed E-state index contributed by atoms with van der Waals surface area (Å²) in [6.07, 6.45) is 2.74. The second kappa shape index (κ2) is 15.3. The molecule has 2 amide bonds. The Morgan fingerprint density at radius 1 is 1.09 bits per heavy atom. The van der Waals surface area contributed by atoms with Crippen LogP contribution in [0.2, 0.25) is 0 Å². The van der Waals surface area contributed by atoms with Gasteiger partial charge in [0.15, 0.2) is 9.84 Å². The van der Waals surface area contributed by atoms with E-state index in [1.807, 2.05) is 58.0 Å². The molecule has 4 atom stereocenters. The molecule has 4 N–H and O–H groups in total. The van der Waals surface area contributed by atoms with Gasteiger partial charge >= 0.3 is 0 Å². The van der Waals surface area contributed by atoms with Gasteiger partial charge in [0.25, 0.3) is 5.91 Å². The van der Waals surface area contributed by atoms with Crippen LogP contribution in [0.25, 0.3) is 0 Å². The lowest BCUT2D eigenvalue weighted by molar-refractivity contribution is -0.148. The summed E-state index contributed by atoms with van der Waals surface area (Å²) in [6, 6.07) is 13.8. The average Bonchev–Trinajstić information content (AvgIpc) is 3.71. The van der Waals surface area contributed by atoms with Crippen molar-refractivity contribution in [3.63, 3.8) is 0 Å². The molecular weight excluding hydrogens is 580 g/mol. The van der Waals surface area contributed by atoms with Crippen LogP contribution in [0.3, 0.4) is 0 Å². The minimum absolute atomic E-state index is 0.0592. The minimum atomic E-state index is -3.82. The molecule has 1 aliphatic carbocycles. The maximum absolute atomic E-state index is 13.8. The summed E-state index contributed by atoms with van der Waals surface area (Å²) >= 11 is 0. The maximum Gasteiger partial charge on any atom is 0.252 e. The predicted molar refractivity (Wildman–Crippen MR) is 169 cm³/mol. The number of hydrogen-bond acceptors (Lipinski definition) is 8. The average molecular weight is 629 g/mol. The van der Waals surface area contributed by atoms with Crippen LogP contribution in [0.15, 0.2) is 53.4 Å². The standard InChI is InChI=1S/C33H48N4O6S/c1-5-23(4)17-32(40)37(36-31(39)21-34-26-11-12-26)28(18-24-9-7-6-8-10-24)29(38)20-35-33(22(2)3)44(41,42)27-13-14-30-25(19-27)15-16-43-30/h6-10,13-14,19,22-23,26,28-29,33-35,38H,5,11-12,15-18,20-21H2,1-4H3,(H,36,39)/t23-,28?,29+,33?/m0/s1. The van der Waals surface area contributed by atoms with Crippen LogP contribution >= 0.6 is 0 Å². The van der Waals surface area contributed by atoms with Crippen molar-refractivity contribution in [1.29, 1.82) is 0 Å². The smallest absolute Gasteiger partial charge is 0.252 e. The van der Waals surface area contributed by atoms with Crippen molar-refractivity contribution in [2.45, 2.75) is 94.7 Å². The van der Waals surface area contributed by atoms with Crippen molar-refractivity contribution in [1.82, 2.24) is 21.1 Å². The van der Waals surface area contributed by atoms with E-state index < -0.39 is 27.4 Å². The third kappa shape index (κ3) is 9.03. The number of sulfone groups is 1. The number of hydrogen-bond donors (Lipinski definition) is 4. The van der Waals surface area contributed by atoms with E-state index in [9.17, 15) is 23.1 Å². The van der Waals surface area contributed by atoms with Crippen LogP contribution in [0.4, 0.5) is 0 Å². The number of fused-ring (bicyclic) bond motifs is 1. The van der Waals surface area contributed by atoms with Crippen molar-refractivity contribution < 1.29 is 27.9 Å². The molecular formula is C33H48N4O6S. The van der Waals surface area contributed by atoms with E-state index in [0.29, 0.717) is 24.8 Å². The Balaban J connectivity index is 1.57. The first kappa shape index (κ1) is 33.9. The van der Waals surface area contributed by atoms with Gasteiger partial charge < -0.3 is 15.2 Å².